The maximum atomic E-state index is 12.5. The van der Waals surface area contributed by atoms with E-state index in [1.807, 2.05) is 0 Å². The number of sulfonamides is 1. The average molecular weight is 399 g/mol. The van der Waals surface area contributed by atoms with E-state index in [4.69, 9.17) is 0 Å². The molecule has 6 nitrogen and oxygen atoms in total. The van der Waals surface area contributed by atoms with Gasteiger partial charge < -0.3 is 10.2 Å². The third kappa shape index (κ3) is 4.76. The summed E-state index contributed by atoms with van der Waals surface area (Å²) in [5, 5.41) is 2.69. The second-order valence-corrected chi connectivity index (χ2v) is 7.80. The lowest BCUT2D eigenvalue weighted by Gasteiger charge is -2.26. The molecule has 0 unspecified atom stereocenters. The predicted octanol–water partition coefficient (Wildman–Crippen LogP) is 1.86. The van der Waals surface area contributed by atoms with Crippen LogP contribution in [0.2, 0.25) is 0 Å². The summed E-state index contributed by atoms with van der Waals surface area (Å²) in [4.78, 5) is 13.8. The zero-order valence-electron chi connectivity index (χ0n) is 14.0. The van der Waals surface area contributed by atoms with Gasteiger partial charge in [0.15, 0.2) is 0 Å². The molecule has 0 spiro atoms. The lowest BCUT2D eigenvalue weighted by Crippen LogP contribution is -2.38. The highest BCUT2D eigenvalue weighted by Gasteiger charge is 2.30. The molecule has 2 aliphatic rings. The van der Waals surface area contributed by atoms with Crippen LogP contribution in [0, 0.1) is 0 Å². The van der Waals surface area contributed by atoms with Gasteiger partial charge in [-0.3, -0.25) is 4.79 Å². The molecule has 1 amide bonds. The molecule has 27 heavy (non-hydrogen) atoms. The Morgan fingerprint density at radius 1 is 1.19 bits per heavy atom. The number of carbonyl (C=O) groups is 1. The molecule has 144 valence electrons. The van der Waals surface area contributed by atoms with Crippen molar-refractivity contribution in [1.82, 2.24) is 10.2 Å². The molecule has 0 saturated heterocycles. The molecule has 0 aromatic heterocycles. The molecule has 2 aliphatic heterocycles. The molecule has 0 aliphatic carbocycles. The first-order valence-corrected chi connectivity index (χ1v) is 9.68. The summed E-state index contributed by atoms with van der Waals surface area (Å²) in [6, 6.07) is 4.78. The minimum absolute atomic E-state index is 0.121. The zero-order chi connectivity index (χ0) is 19.7. The van der Waals surface area contributed by atoms with Crippen LogP contribution in [0.5, 0.6) is 0 Å². The van der Waals surface area contributed by atoms with Crippen molar-refractivity contribution in [3.8, 4) is 0 Å². The van der Waals surface area contributed by atoms with E-state index in [2.05, 4.69) is 9.71 Å². The van der Waals surface area contributed by atoms with Crippen molar-refractivity contribution in [2.75, 3.05) is 18.8 Å². The van der Waals surface area contributed by atoms with Gasteiger partial charge in [0.2, 0.25) is 0 Å². The number of alkyl halides is 3. The largest absolute Gasteiger partial charge is 0.416 e. The minimum Gasteiger partial charge on any atom is -0.352 e. The van der Waals surface area contributed by atoms with Crippen molar-refractivity contribution in [2.45, 2.75) is 12.6 Å². The molecule has 0 radical (unpaired) electrons. The van der Waals surface area contributed by atoms with Gasteiger partial charge in [-0.15, -0.1) is 4.40 Å². The smallest absolute Gasteiger partial charge is 0.352 e. The Morgan fingerprint density at radius 2 is 1.89 bits per heavy atom. The van der Waals surface area contributed by atoms with E-state index >= 15 is 0 Å². The second kappa shape index (κ2) is 7.18. The summed E-state index contributed by atoms with van der Waals surface area (Å²) in [5.74, 6) is -0.211. The lowest BCUT2D eigenvalue weighted by atomic mass is 10.1. The van der Waals surface area contributed by atoms with Crippen molar-refractivity contribution in [2.24, 2.45) is 4.40 Å². The van der Waals surface area contributed by atoms with E-state index < -0.39 is 21.8 Å². The van der Waals surface area contributed by atoms with Crippen LogP contribution in [0.25, 0.3) is 0 Å². The number of nitrogens with one attached hydrogen (secondary N) is 1. The summed E-state index contributed by atoms with van der Waals surface area (Å²) < 4.78 is 64.1. The molecule has 1 N–H and O–H groups in total. The molecule has 3 rings (SSSR count). The van der Waals surface area contributed by atoms with Gasteiger partial charge in [-0.1, -0.05) is 12.1 Å². The van der Waals surface area contributed by atoms with Gasteiger partial charge in [-0.25, -0.2) is 8.42 Å². The van der Waals surface area contributed by atoms with Crippen molar-refractivity contribution in [3.05, 3.63) is 59.3 Å². The monoisotopic (exact) mass is 399 g/mol. The fourth-order valence-electron chi connectivity index (χ4n) is 2.62. The van der Waals surface area contributed by atoms with Gasteiger partial charge in [0.25, 0.3) is 15.9 Å². The van der Waals surface area contributed by atoms with E-state index in [9.17, 15) is 26.4 Å². The highest BCUT2D eigenvalue weighted by atomic mass is 32.2. The van der Waals surface area contributed by atoms with Crippen LogP contribution in [-0.2, 0) is 27.4 Å². The quantitative estimate of drug-likeness (QED) is 0.838. The van der Waals surface area contributed by atoms with Gasteiger partial charge in [-0.2, -0.15) is 13.2 Å². The summed E-state index contributed by atoms with van der Waals surface area (Å²) in [6.45, 7) is 0.471. The lowest BCUT2D eigenvalue weighted by molar-refractivity contribution is -0.137. The van der Waals surface area contributed by atoms with Gasteiger partial charge in [0, 0.05) is 19.3 Å². The number of fused-ring (bicyclic) bond motifs is 1. The maximum Gasteiger partial charge on any atom is 0.416 e. The number of benzene rings is 1. The molecular formula is C17H16F3N3O3S. The van der Waals surface area contributed by atoms with E-state index in [1.165, 1.54) is 30.5 Å². The molecular weight excluding hydrogens is 383 g/mol. The third-order valence-corrected chi connectivity index (χ3v) is 5.23. The van der Waals surface area contributed by atoms with Crippen LogP contribution in [0.4, 0.5) is 13.2 Å². The minimum atomic E-state index is -4.37. The summed E-state index contributed by atoms with van der Waals surface area (Å²) in [5.41, 5.74) is 0.307. The first-order valence-electron chi connectivity index (χ1n) is 8.08. The standard InChI is InChI=1S/C17H16F3N3O3S/c18-17(19,20)14-4-1-12(2-5-14)7-8-21-16(24)13-3-6-15-22-27(25,26)10-9-23(15)11-13/h1-6,11H,7-10H2,(H,21,24). The number of amidine groups is 1. The fourth-order valence-corrected chi connectivity index (χ4v) is 3.59. The van der Waals surface area contributed by atoms with Crippen LogP contribution in [0.3, 0.4) is 0 Å². The van der Waals surface area contributed by atoms with Crippen LogP contribution >= 0.6 is 0 Å². The normalized spacial score (nSPS) is 18.4. The first-order chi connectivity index (χ1) is 12.6. The molecule has 0 saturated carbocycles. The van der Waals surface area contributed by atoms with Crippen molar-refractivity contribution >= 4 is 21.8 Å². The Balaban J connectivity index is 1.55. The molecule has 0 atom stereocenters. The van der Waals surface area contributed by atoms with Crippen LogP contribution in [0.15, 0.2) is 52.6 Å². The average Bonchev–Trinajstić information content (AvgIpc) is 2.60. The number of amides is 1. The Morgan fingerprint density at radius 3 is 2.56 bits per heavy atom. The van der Waals surface area contributed by atoms with Crippen LogP contribution < -0.4 is 5.32 Å². The Labute approximate surface area is 154 Å². The summed E-state index contributed by atoms with van der Waals surface area (Å²) in [6.07, 6.45) is 0.476. The molecule has 10 heteroatoms. The highest BCUT2D eigenvalue weighted by molar-refractivity contribution is 7.90. The number of halogens is 3. The number of carbonyl (C=O) groups excluding carboxylic acids is 1. The second-order valence-electron chi connectivity index (χ2n) is 6.05. The summed E-state index contributed by atoms with van der Waals surface area (Å²) >= 11 is 0. The third-order valence-electron chi connectivity index (χ3n) is 4.07. The number of hydrogen-bond acceptors (Lipinski definition) is 4. The van der Waals surface area contributed by atoms with E-state index in [0.29, 0.717) is 17.6 Å². The zero-order valence-corrected chi connectivity index (χ0v) is 14.8. The molecule has 0 fully saturated rings. The van der Waals surface area contributed by atoms with Crippen LogP contribution in [0.1, 0.15) is 11.1 Å². The van der Waals surface area contributed by atoms with Gasteiger partial charge in [0.1, 0.15) is 5.84 Å². The molecule has 1 aromatic rings. The molecule has 0 bridgehead atoms. The Kier molecular flexibility index (Phi) is 5.09. The van der Waals surface area contributed by atoms with E-state index in [-0.39, 0.29) is 30.6 Å². The fraction of sp³-hybridized carbons (Fsp3) is 0.294. The van der Waals surface area contributed by atoms with Gasteiger partial charge in [-0.05, 0) is 36.3 Å². The van der Waals surface area contributed by atoms with Crippen molar-refractivity contribution in [3.63, 3.8) is 0 Å². The SMILES string of the molecule is O=C(NCCc1ccc(C(F)(F)F)cc1)C1=CN2CCS(=O)(=O)N=C2C=C1. The van der Waals surface area contributed by atoms with Crippen molar-refractivity contribution in [1.29, 1.82) is 0 Å². The van der Waals surface area contributed by atoms with Gasteiger partial charge >= 0.3 is 6.18 Å². The van der Waals surface area contributed by atoms with E-state index in [0.717, 1.165) is 12.1 Å². The van der Waals surface area contributed by atoms with Crippen LogP contribution in [-0.4, -0.2) is 43.9 Å². The molecule has 1 aromatic carbocycles. The Hall–Kier alpha value is -2.62. The first kappa shape index (κ1) is 19.2. The molecule has 2 heterocycles. The number of rotatable bonds is 4. The Bertz CT molecular complexity index is 932. The maximum absolute atomic E-state index is 12.5. The number of nitrogens with zero attached hydrogens (tertiary/aromatic N) is 2. The number of hydrogen-bond donors (Lipinski definition) is 1. The van der Waals surface area contributed by atoms with Crippen molar-refractivity contribution < 1.29 is 26.4 Å². The predicted molar refractivity (Wildman–Crippen MR) is 93.3 cm³/mol. The van der Waals surface area contributed by atoms with Gasteiger partial charge in [0.05, 0.1) is 16.9 Å². The topological polar surface area (TPSA) is 78.8 Å². The summed E-state index contributed by atoms with van der Waals surface area (Å²) in [7, 11) is -3.45. The van der Waals surface area contributed by atoms with E-state index in [1.54, 1.807) is 4.90 Å². The highest BCUT2D eigenvalue weighted by Crippen LogP contribution is 2.29.